The molecule has 1 aliphatic carbocycles. The molecule has 15 heavy (non-hydrogen) atoms. The molecule has 1 N–H and O–H groups in total. The third-order valence-corrected chi connectivity index (χ3v) is 3.27. The number of hydrogen-bond acceptors (Lipinski definition) is 2. The van der Waals surface area contributed by atoms with Crippen LogP contribution in [0.15, 0.2) is 36.5 Å². The second kappa shape index (κ2) is 3.02. The SMILES string of the molecule is Cc1ccc(OC23C=CNCC2C3)cc1. The van der Waals surface area contributed by atoms with Crippen LogP contribution in [0.5, 0.6) is 5.75 Å². The molecule has 1 fully saturated rings. The average molecular weight is 201 g/mol. The molecule has 0 spiro atoms. The molecule has 0 radical (unpaired) electrons. The van der Waals surface area contributed by atoms with Gasteiger partial charge in [0.1, 0.15) is 11.4 Å². The van der Waals surface area contributed by atoms with Crippen molar-refractivity contribution in [3.63, 3.8) is 0 Å². The summed E-state index contributed by atoms with van der Waals surface area (Å²) in [5.74, 6) is 1.64. The first kappa shape index (κ1) is 8.84. The number of nitrogens with one attached hydrogen (secondary N) is 1. The molecule has 1 heterocycles. The highest BCUT2D eigenvalue weighted by Crippen LogP contribution is 2.49. The Morgan fingerprint density at radius 3 is 2.87 bits per heavy atom. The fourth-order valence-electron chi connectivity index (χ4n) is 2.17. The first-order valence-corrected chi connectivity index (χ1v) is 5.45. The quantitative estimate of drug-likeness (QED) is 0.792. The van der Waals surface area contributed by atoms with Crippen LogP contribution < -0.4 is 10.1 Å². The van der Waals surface area contributed by atoms with Crippen LogP contribution in [0.3, 0.4) is 0 Å². The molecule has 2 heteroatoms. The third kappa shape index (κ3) is 1.50. The zero-order valence-electron chi connectivity index (χ0n) is 8.86. The van der Waals surface area contributed by atoms with E-state index in [2.05, 4.69) is 42.6 Å². The Labute approximate surface area is 89.9 Å². The number of aryl methyl sites for hydroxylation is 1. The van der Waals surface area contributed by atoms with E-state index < -0.39 is 0 Å². The summed E-state index contributed by atoms with van der Waals surface area (Å²) in [4.78, 5) is 0. The summed E-state index contributed by atoms with van der Waals surface area (Å²) in [6, 6.07) is 8.28. The molecular weight excluding hydrogens is 186 g/mol. The summed E-state index contributed by atoms with van der Waals surface area (Å²) in [5, 5.41) is 3.24. The third-order valence-electron chi connectivity index (χ3n) is 3.27. The lowest BCUT2D eigenvalue weighted by atomic mass is 10.2. The Bertz CT molecular complexity index is 396. The van der Waals surface area contributed by atoms with Gasteiger partial charge in [-0.3, -0.25) is 0 Å². The van der Waals surface area contributed by atoms with Gasteiger partial charge < -0.3 is 10.1 Å². The van der Waals surface area contributed by atoms with Gasteiger partial charge in [-0.1, -0.05) is 17.7 Å². The highest BCUT2D eigenvalue weighted by atomic mass is 16.5. The van der Waals surface area contributed by atoms with Gasteiger partial charge in [-0.05, 0) is 37.8 Å². The molecule has 2 unspecified atom stereocenters. The second-order valence-electron chi connectivity index (χ2n) is 4.51. The molecule has 0 saturated heterocycles. The Balaban J connectivity index is 1.78. The molecule has 78 valence electrons. The molecular formula is C13H15NO. The molecule has 2 atom stereocenters. The number of rotatable bonds is 2. The lowest BCUT2D eigenvalue weighted by Crippen LogP contribution is -2.27. The minimum Gasteiger partial charge on any atom is -0.483 e. The molecule has 0 aromatic heterocycles. The lowest BCUT2D eigenvalue weighted by molar-refractivity contribution is 0.205. The molecule has 2 nitrogen and oxygen atoms in total. The van der Waals surface area contributed by atoms with E-state index in [0.29, 0.717) is 5.92 Å². The monoisotopic (exact) mass is 201 g/mol. The van der Waals surface area contributed by atoms with Crippen LogP contribution in [0.1, 0.15) is 12.0 Å². The van der Waals surface area contributed by atoms with E-state index >= 15 is 0 Å². The Kier molecular flexibility index (Phi) is 1.78. The van der Waals surface area contributed by atoms with Gasteiger partial charge in [0.25, 0.3) is 0 Å². The van der Waals surface area contributed by atoms with Crippen LogP contribution >= 0.6 is 0 Å². The fourth-order valence-corrected chi connectivity index (χ4v) is 2.17. The smallest absolute Gasteiger partial charge is 0.134 e. The summed E-state index contributed by atoms with van der Waals surface area (Å²) in [5.41, 5.74) is 1.27. The predicted octanol–water partition coefficient (Wildman–Crippen LogP) is 2.25. The normalized spacial score (nSPS) is 31.7. The topological polar surface area (TPSA) is 21.3 Å². The molecule has 1 aliphatic heterocycles. The van der Waals surface area contributed by atoms with Gasteiger partial charge >= 0.3 is 0 Å². The lowest BCUT2D eigenvalue weighted by Gasteiger charge is -2.19. The van der Waals surface area contributed by atoms with E-state index in [1.165, 1.54) is 5.56 Å². The van der Waals surface area contributed by atoms with Crippen molar-refractivity contribution >= 4 is 0 Å². The highest BCUT2D eigenvalue weighted by molar-refractivity contribution is 5.31. The van der Waals surface area contributed by atoms with Crippen LogP contribution in [0.2, 0.25) is 0 Å². The number of ether oxygens (including phenoxy) is 1. The zero-order valence-corrected chi connectivity index (χ0v) is 8.86. The van der Waals surface area contributed by atoms with Gasteiger partial charge in [0.15, 0.2) is 0 Å². The Morgan fingerprint density at radius 2 is 2.13 bits per heavy atom. The molecule has 0 amide bonds. The molecule has 2 aliphatic rings. The molecule has 3 rings (SSSR count). The maximum atomic E-state index is 6.05. The molecule has 0 bridgehead atoms. The van der Waals surface area contributed by atoms with E-state index in [0.717, 1.165) is 18.7 Å². The van der Waals surface area contributed by atoms with Crippen molar-refractivity contribution in [3.05, 3.63) is 42.1 Å². The summed E-state index contributed by atoms with van der Waals surface area (Å²) in [6.07, 6.45) is 5.31. The summed E-state index contributed by atoms with van der Waals surface area (Å²) in [6.45, 7) is 3.13. The zero-order chi connectivity index (χ0) is 10.3. The number of hydrogen-bond donors (Lipinski definition) is 1. The van der Waals surface area contributed by atoms with E-state index in [-0.39, 0.29) is 5.60 Å². The second-order valence-corrected chi connectivity index (χ2v) is 4.51. The predicted molar refractivity (Wildman–Crippen MR) is 59.8 cm³/mol. The number of benzene rings is 1. The van der Waals surface area contributed by atoms with E-state index in [1.807, 2.05) is 6.20 Å². The van der Waals surface area contributed by atoms with Crippen molar-refractivity contribution in [2.24, 2.45) is 5.92 Å². The van der Waals surface area contributed by atoms with Crippen molar-refractivity contribution in [1.29, 1.82) is 0 Å². The van der Waals surface area contributed by atoms with Gasteiger partial charge in [0.05, 0.1) is 0 Å². The molecule has 1 aromatic rings. The van der Waals surface area contributed by atoms with E-state index in [1.54, 1.807) is 0 Å². The molecule has 1 aromatic carbocycles. The summed E-state index contributed by atoms with van der Waals surface area (Å²) in [7, 11) is 0. The maximum Gasteiger partial charge on any atom is 0.134 e. The van der Waals surface area contributed by atoms with Crippen LogP contribution in [-0.4, -0.2) is 12.1 Å². The van der Waals surface area contributed by atoms with Crippen molar-refractivity contribution in [1.82, 2.24) is 5.32 Å². The average Bonchev–Trinajstić information content (AvgIpc) is 2.95. The van der Waals surface area contributed by atoms with Crippen molar-refractivity contribution in [2.75, 3.05) is 6.54 Å². The van der Waals surface area contributed by atoms with Crippen molar-refractivity contribution in [3.8, 4) is 5.75 Å². The van der Waals surface area contributed by atoms with Crippen molar-refractivity contribution < 1.29 is 4.74 Å². The minimum atomic E-state index is 0.000504. The standard InChI is InChI=1S/C13H15NO/c1-10-2-4-12(5-3-10)15-13-6-7-14-9-11(13)8-13/h2-7,11,14H,8-9H2,1H3. The maximum absolute atomic E-state index is 6.05. The van der Waals surface area contributed by atoms with Gasteiger partial charge in [-0.25, -0.2) is 0 Å². The van der Waals surface area contributed by atoms with Crippen molar-refractivity contribution in [2.45, 2.75) is 18.9 Å². The number of fused-ring (bicyclic) bond motifs is 1. The van der Waals surface area contributed by atoms with Crippen LogP contribution in [0.4, 0.5) is 0 Å². The van der Waals surface area contributed by atoms with E-state index in [4.69, 9.17) is 4.74 Å². The van der Waals surface area contributed by atoms with Gasteiger partial charge in [0.2, 0.25) is 0 Å². The summed E-state index contributed by atoms with van der Waals surface area (Å²) >= 11 is 0. The van der Waals surface area contributed by atoms with E-state index in [9.17, 15) is 0 Å². The Morgan fingerprint density at radius 1 is 1.33 bits per heavy atom. The molecule has 1 saturated carbocycles. The van der Waals surface area contributed by atoms with Gasteiger partial charge in [-0.2, -0.15) is 0 Å². The summed E-state index contributed by atoms with van der Waals surface area (Å²) < 4.78 is 6.05. The first-order valence-electron chi connectivity index (χ1n) is 5.45. The highest BCUT2D eigenvalue weighted by Gasteiger charge is 2.56. The Hall–Kier alpha value is -1.44. The van der Waals surface area contributed by atoms with Gasteiger partial charge in [0, 0.05) is 12.5 Å². The van der Waals surface area contributed by atoms with Crippen LogP contribution in [-0.2, 0) is 0 Å². The largest absolute Gasteiger partial charge is 0.483 e. The van der Waals surface area contributed by atoms with Crippen LogP contribution in [0, 0.1) is 12.8 Å². The minimum absolute atomic E-state index is 0.000504. The van der Waals surface area contributed by atoms with Gasteiger partial charge in [-0.15, -0.1) is 0 Å². The fraction of sp³-hybridized carbons (Fsp3) is 0.385. The van der Waals surface area contributed by atoms with Crippen LogP contribution in [0.25, 0.3) is 0 Å². The first-order chi connectivity index (χ1) is 7.28.